The van der Waals surface area contributed by atoms with Gasteiger partial charge in [-0.25, -0.2) is 4.99 Å². The molecule has 0 N–H and O–H groups in total. The highest BCUT2D eigenvalue weighted by Gasteiger charge is 2.45. The zero-order valence-electron chi connectivity index (χ0n) is 23.7. The van der Waals surface area contributed by atoms with Crippen LogP contribution in [0.2, 0.25) is 16.6 Å². The van der Waals surface area contributed by atoms with Crippen molar-refractivity contribution in [2.24, 2.45) is 4.99 Å². The maximum Gasteiger partial charge on any atom is 0.468 e. The molecule has 0 fully saturated rings. The number of benzene rings is 2. The third kappa shape index (κ3) is 9.73. The molecule has 0 saturated carbocycles. The molecule has 0 aliphatic heterocycles. The largest absolute Gasteiger partial charge is 0.468 e. The fraction of sp³-hybridized carbons (Fsp3) is 0.516. The molecule has 0 aliphatic carbocycles. The van der Waals surface area contributed by atoms with Gasteiger partial charge >= 0.3 is 6.18 Å². The predicted molar refractivity (Wildman–Crippen MR) is 154 cm³/mol. The lowest BCUT2D eigenvalue weighted by Crippen LogP contribution is -2.48. The number of aliphatic imine (C=N–C) groups is 1. The summed E-state index contributed by atoms with van der Waals surface area (Å²) in [7, 11) is -2.18. The lowest BCUT2D eigenvalue weighted by molar-refractivity contribution is -0.0815. The molecule has 0 radical (unpaired) electrons. The van der Waals surface area contributed by atoms with Crippen molar-refractivity contribution in [1.29, 1.82) is 0 Å². The van der Waals surface area contributed by atoms with Crippen LogP contribution >= 0.6 is 0 Å². The molecule has 0 unspecified atom stereocenters. The van der Waals surface area contributed by atoms with E-state index in [4.69, 9.17) is 9.16 Å². The summed E-state index contributed by atoms with van der Waals surface area (Å²) in [5, 5.41) is 0. The molecule has 38 heavy (non-hydrogen) atoms. The molecular weight excluding hydrogens is 503 g/mol. The van der Waals surface area contributed by atoms with E-state index in [2.05, 4.69) is 46.5 Å². The Hall–Kier alpha value is -2.38. The van der Waals surface area contributed by atoms with Crippen LogP contribution in [0.1, 0.15) is 59.1 Å². The van der Waals surface area contributed by atoms with Gasteiger partial charge in [-0.15, -0.1) is 0 Å². The van der Waals surface area contributed by atoms with Crippen LogP contribution in [0, 0.1) is 0 Å². The number of rotatable bonds is 14. The summed E-state index contributed by atoms with van der Waals surface area (Å²) in [6.45, 7) is 13.0. The first-order valence-electron chi connectivity index (χ1n) is 13.6. The minimum Gasteiger partial charge on any atom is -0.467 e. The van der Waals surface area contributed by atoms with E-state index in [1.807, 2.05) is 66.7 Å². The van der Waals surface area contributed by atoms with Crippen LogP contribution in [0.15, 0.2) is 77.8 Å². The predicted octanol–water partition coefficient (Wildman–Crippen LogP) is 8.96. The Bertz CT molecular complexity index is 967. The number of nitrogens with zero attached hydrogens (tertiary/aromatic N) is 1. The van der Waals surface area contributed by atoms with Gasteiger partial charge in [-0.2, -0.15) is 13.2 Å². The van der Waals surface area contributed by atoms with E-state index in [1.54, 1.807) is 6.08 Å². The molecule has 2 aromatic carbocycles. The maximum absolute atomic E-state index is 14.0. The average molecular weight is 548 g/mol. The van der Waals surface area contributed by atoms with Crippen molar-refractivity contribution in [2.75, 3.05) is 13.2 Å². The molecule has 0 saturated heterocycles. The Kier molecular flexibility index (Phi) is 12.8. The average Bonchev–Trinajstić information content (AvgIpc) is 2.85. The van der Waals surface area contributed by atoms with Crippen LogP contribution in [0.25, 0.3) is 0 Å². The van der Waals surface area contributed by atoms with Crippen LogP contribution < -0.4 is 0 Å². The Morgan fingerprint density at radius 1 is 0.842 bits per heavy atom. The Morgan fingerprint density at radius 3 is 1.87 bits per heavy atom. The van der Waals surface area contributed by atoms with Gasteiger partial charge in [-0.05, 0) is 46.7 Å². The molecule has 0 spiro atoms. The van der Waals surface area contributed by atoms with Crippen LogP contribution in [-0.4, -0.2) is 39.6 Å². The topological polar surface area (TPSA) is 30.8 Å². The second-order valence-electron chi connectivity index (χ2n) is 10.6. The number of alkyl halides is 3. The van der Waals surface area contributed by atoms with Gasteiger partial charge in [0.25, 0.3) is 5.90 Å². The van der Waals surface area contributed by atoms with Crippen molar-refractivity contribution in [3.05, 3.63) is 83.9 Å². The first-order chi connectivity index (χ1) is 18.0. The highest BCUT2D eigenvalue weighted by molar-refractivity contribution is 6.77. The molecule has 3 nitrogen and oxygen atoms in total. The smallest absolute Gasteiger partial charge is 0.467 e. The van der Waals surface area contributed by atoms with Crippen LogP contribution in [0.5, 0.6) is 0 Å². The van der Waals surface area contributed by atoms with E-state index < -0.39 is 26.5 Å². The third-order valence-electron chi connectivity index (χ3n) is 6.98. The zero-order valence-corrected chi connectivity index (χ0v) is 24.7. The van der Waals surface area contributed by atoms with Crippen molar-refractivity contribution < 1.29 is 22.3 Å². The van der Waals surface area contributed by atoms with Gasteiger partial charge in [-0.1, -0.05) is 108 Å². The zero-order chi connectivity index (χ0) is 28.2. The molecule has 2 aromatic rings. The van der Waals surface area contributed by atoms with Crippen molar-refractivity contribution in [2.45, 2.75) is 89.7 Å². The standard InChI is InChI=1S/C31H44F3NO2Si/c1-24(2)38(25(3)4,26(5)6)36-22-21-35-30(31(32,33)34)37-29(23-28-18-11-8-12-19-28)20-14-13-17-27-15-9-7-10-16-27/h7-12,14-16,18-20,24-26,29H,13,17,21-23H2,1-6H3/b20-14+,35-30?/t29-/m0/s1. The lowest BCUT2D eigenvalue weighted by atomic mass is 10.1. The van der Waals surface area contributed by atoms with E-state index >= 15 is 0 Å². The first kappa shape index (κ1) is 31.8. The Morgan fingerprint density at radius 2 is 1.37 bits per heavy atom. The number of aryl methyl sites for hydroxylation is 1. The van der Waals surface area contributed by atoms with Crippen LogP contribution in [0.4, 0.5) is 13.2 Å². The van der Waals surface area contributed by atoms with Crippen molar-refractivity contribution >= 4 is 14.2 Å². The Labute approximate surface area is 228 Å². The molecule has 0 amide bonds. The summed E-state index contributed by atoms with van der Waals surface area (Å²) in [6.07, 6.45) is -0.0244. The Balaban J connectivity index is 2.15. The second-order valence-corrected chi connectivity index (χ2v) is 16.1. The normalized spacial score (nSPS) is 14.2. The fourth-order valence-corrected chi connectivity index (χ4v) is 10.8. The molecule has 7 heteroatoms. The van der Waals surface area contributed by atoms with Gasteiger partial charge in [0.15, 0.2) is 8.32 Å². The summed E-state index contributed by atoms with van der Waals surface area (Å²) in [6, 6.07) is 19.4. The summed E-state index contributed by atoms with van der Waals surface area (Å²) >= 11 is 0. The van der Waals surface area contributed by atoms with Gasteiger partial charge in [0.05, 0.1) is 13.2 Å². The number of halogens is 3. The van der Waals surface area contributed by atoms with E-state index in [1.165, 1.54) is 5.56 Å². The molecule has 2 rings (SSSR count). The van der Waals surface area contributed by atoms with E-state index in [9.17, 15) is 13.2 Å². The number of hydrogen-bond acceptors (Lipinski definition) is 3. The number of allylic oxidation sites excluding steroid dienone is 1. The molecule has 0 heterocycles. The first-order valence-corrected chi connectivity index (χ1v) is 15.8. The lowest BCUT2D eigenvalue weighted by Gasteiger charge is -2.42. The van der Waals surface area contributed by atoms with E-state index in [0.29, 0.717) is 29.5 Å². The molecular formula is C31H44F3NO2Si. The van der Waals surface area contributed by atoms with E-state index in [0.717, 1.165) is 12.0 Å². The fourth-order valence-electron chi connectivity index (χ4n) is 5.34. The van der Waals surface area contributed by atoms with Gasteiger partial charge < -0.3 is 9.16 Å². The molecule has 1 atom stereocenters. The monoisotopic (exact) mass is 547 g/mol. The minimum atomic E-state index is -4.69. The number of hydrogen-bond donors (Lipinski definition) is 0. The highest BCUT2D eigenvalue weighted by atomic mass is 28.4. The SMILES string of the molecule is CC(C)[Si](OCCN=C(O[C@@H](/C=C/CCc1ccccc1)Cc1ccccc1)C(F)(F)F)(C(C)C)C(C)C. The quantitative estimate of drug-likeness (QED) is 0.0777. The van der Waals surface area contributed by atoms with E-state index in [-0.39, 0.29) is 13.2 Å². The van der Waals surface area contributed by atoms with Gasteiger partial charge in [0.2, 0.25) is 0 Å². The summed E-state index contributed by atoms with van der Waals surface area (Å²) in [5.74, 6) is -1.19. The summed E-state index contributed by atoms with van der Waals surface area (Å²) in [4.78, 5) is 3.87. The van der Waals surface area contributed by atoms with Gasteiger partial charge in [0.1, 0.15) is 6.10 Å². The molecule has 0 bridgehead atoms. The van der Waals surface area contributed by atoms with Gasteiger partial charge in [-0.3, -0.25) is 0 Å². The van der Waals surface area contributed by atoms with Crippen molar-refractivity contribution in [3.8, 4) is 0 Å². The summed E-state index contributed by atoms with van der Waals surface area (Å²) < 4.78 is 53.8. The highest BCUT2D eigenvalue weighted by Crippen LogP contribution is 2.42. The molecule has 0 aliphatic rings. The van der Waals surface area contributed by atoms with Crippen LogP contribution in [-0.2, 0) is 22.0 Å². The van der Waals surface area contributed by atoms with Crippen molar-refractivity contribution in [1.82, 2.24) is 0 Å². The van der Waals surface area contributed by atoms with Crippen molar-refractivity contribution in [3.63, 3.8) is 0 Å². The molecule has 0 aromatic heterocycles. The minimum absolute atomic E-state index is 0.0917. The second kappa shape index (κ2) is 15.3. The molecule has 210 valence electrons. The third-order valence-corrected chi connectivity index (χ3v) is 13.1. The van der Waals surface area contributed by atoms with Crippen LogP contribution in [0.3, 0.4) is 0 Å². The maximum atomic E-state index is 14.0. The van der Waals surface area contributed by atoms with Gasteiger partial charge in [0, 0.05) is 6.42 Å². The number of ether oxygens (including phenoxy) is 1. The summed E-state index contributed by atoms with van der Waals surface area (Å²) in [5.41, 5.74) is 3.12.